The Balaban J connectivity index is 2.35. The van der Waals surface area contributed by atoms with E-state index in [4.69, 9.17) is 21.2 Å². The first-order valence-corrected chi connectivity index (χ1v) is 7.91. The van der Waals surface area contributed by atoms with E-state index in [1.807, 2.05) is 13.0 Å². The lowest BCUT2D eigenvalue weighted by molar-refractivity contribution is -0.138. The summed E-state index contributed by atoms with van der Waals surface area (Å²) in [4.78, 5) is 11.8. The molecule has 1 atom stereocenters. The molecule has 1 unspecified atom stereocenters. The van der Waals surface area contributed by atoms with Crippen molar-refractivity contribution < 1.29 is 19.4 Å². The zero-order valence-corrected chi connectivity index (χ0v) is 14.2. The largest absolute Gasteiger partial charge is 0.494 e. The van der Waals surface area contributed by atoms with Crippen LogP contribution in [0.1, 0.15) is 24.1 Å². The Morgan fingerprint density at radius 2 is 1.88 bits per heavy atom. The molecule has 0 aromatic heterocycles. The third-order valence-electron chi connectivity index (χ3n) is 3.44. The maximum atomic E-state index is 11.8. The zero-order chi connectivity index (χ0) is 18.9. The Morgan fingerprint density at radius 1 is 1.23 bits per heavy atom. The number of ether oxygens (including phenoxy) is 2. The molecule has 2 rings (SSSR count). The van der Waals surface area contributed by atoms with Crippen LogP contribution in [0.2, 0.25) is 0 Å². The lowest BCUT2D eigenvalue weighted by atomic mass is 10.1. The molecule has 26 heavy (non-hydrogen) atoms. The molecule has 0 aliphatic heterocycles. The van der Waals surface area contributed by atoms with Gasteiger partial charge in [0, 0.05) is 11.8 Å². The first-order valence-electron chi connectivity index (χ1n) is 7.91. The number of terminal acetylenes is 1. The van der Waals surface area contributed by atoms with Gasteiger partial charge in [0.15, 0.2) is 6.04 Å². The Labute approximate surface area is 152 Å². The van der Waals surface area contributed by atoms with Crippen LogP contribution in [0, 0.1) is 23.7 Å². The number of nitriles is 1. The number of rotatable bonds is 8. The number of aliphatic carboxylic acids is 1. The summed E-state index contributed by atoms with van der Waals surface area (Å²) in [5.41, 5.74) is 1.52. The SMILES string of the molecule is C#CCOc1cc(OCC)cc(C(Nc2ccc(C#N)cc2)C(=O)O)c1. The van der Waals surface area contributed by atoms with Crippen LogP contribution in [0.25, 0.3) is 0 Å². The minimum absolute atomic E-state index is 0.0653. The molecule has 0 spiro atoms. The van der Waals surface area contributed by atoms with Crippen molar-refractivity contribution in [2.45, 2.75) is 13.0 Å². The van der Waals surface area contributed by atoms with Crippen molar-refractivity contribution in [1.29, 1.82) is 5.26 Å². The van der Waals surface area contributed by atoms with Crippen LogP contribution in [0.4, 0.5) is 5.69 Å². The van der Waals surface area contributed by atoms with Crippen LogP contribution in [0.5, 0.6) is 11.5 Å². The van der Waals surface area contributed by atoms with Crippen molar-refractivity contribution in [3.05, 3.63) is 53.6 Å². The molecule has 2 N–H and O–H groups in total. The van der Waals surface area contributed by atoms with Crippen LogP contribution in [-0.4, -0.2) is 24.3 Å². The summed E-state index contributed by atoms with van der Waals surface area (Å²) in [7, 11) is 0. The second-order valence-corrected chi connectivity index (χ2v) is 5.27. The van der Waals surface area contributed by atoms with Crippen LogP contribution in [-0.2, 0) is 4.79 Å². The third-order valence-corrected chi connectivity index (χ3v) is 3.44. The quantitative estimate of drug-likeness (QED) is 0.710. The smallest absolute Gasteiger partial charge is 0.330 e. The Bertz CT molecular complexity index is 848. The number of nitrogens with one attached hydrogen (secondary N) is 1. The van der Waals surface area contributed by atoms with E-state index in [1.54, 1.807) is 42.5 Å². The van der Waals surface area contributed by atoms with Crippen molar-refractivity contribution in [1.82, 2.24) is 0 Å². The first-order chi connectivity index (χ1) is 12.6. The summed E-state index contributed by atoms with van der Waals surface area (Å²) >= 11 is 0. The minimum atomic E-state index is -1.06. The summed E-state index contributed by atoms with van der Waals surface area (Å²) < 4.78 is 10.9. The van der Waals surface area contributed by atoms with Gasteiger partial charge in [0.25, 0.3) is 0 Å². The van der Waals surface area contributed by atoms with E-state index in [0.29, 0.717) is 34.9 Å². The minimum Gasteiger partial charge on any atom is -0.494 e. The van der Waals surface area contributed by atoms with Gasteiger partial charge in [-0.1, -0.05) is 5.92 Å². The molecule has 0 saturated carbocycles. The molecule has 2 aromatic rings. The van der Waals surface area contributed by atoms with Crippen LogP contribution < -0.4 is 14.8 Å². The van der Waals surface area contributed by atoms with Crippen molar-refractivity contribution in [3.8, 4) is 29.9 Å². The Kier molecular flexibility index (Phi) is 6.47. The molecule has 0 fully saturated rings. The van der Waals surface area contributed by atoms with E-state index < -0.39 is 12.0 Å². The molecule has 0 bridgehead atoms. The van der Waals surface area contributed by atoms with E-state index in [-0.39, 0.29) is 6.61 Å². The van der Waals surface area contributed by atoms with Gasteiger partial charge in [-0.25, -0.2) is 4.79 Å². The number of carbonyl (C=O) groups is 1. The fraction of sp³-hybridized carbons (Fsp3) is 0.200. The average Bonchev–Trinajstić information content (AvgIpc) is 2.64. The molecular weight excluding hydrogens is 332 g/mol. The zero-order valence-electron chi connectivity index (χ0n) is 14.2. The number of anilines is 1. The fourth-order valence-electron chi connectivity index (χ4n) is 2.31. The first kappa shape index (κ1) is 18.7. The van der Waals surface area contributed by atoms with Gasteiger partial charge in [0.05, 0.1) is 18.2 Å². The van der Waals surface area contributed by atoms with Crippen molar-refractivity contribution in [3.63, 3.8) is 0 Å². The molecule has 2 aromatic carbocycles. The monoisotopic (exact) mass is 350 g/mol. The summed E-state index contributed by atoms with van der Waals surface area (Å²) in [5, 5.41) is 21.4. The number of carboxylic acid groups (broad SMARTS) is 1. The number of carboxylic acids is 1. The van der Waals surface area contributed by atoms with Gasteiger partial charge in [-0.05, 0) is 48.9 Å². The van der Waals surface area contributed by atoms with E-state index in [9.17, 15) is 9.90 Å². The summed E-state index contributed by atoms with van der Waals surface area (Å²) in [6, 6.07) is 12.4. The summed E-state index contributed by atoms with van der Waals surface area (Å²) in [6.45, 7) is 2.33. The Hall–Kier alpha value is -3.64. The predicted octanol–water partition coefficient (Wildman–Crippen LogP) is 3.21. The second-order valence-electron chi connectivity index (χ2n) is 5.27. The van der Waals surface area contributed by atoms with Gasteiger partial charge in [0.2, 0.25) is 0 Å². The second kappa shape index (κ2) is 9.00. The van der Waals surface area contributed by atoms with Crippen molar-refractivity contribution in [2.24, 2.45) is 0 Å². The van der Waals surface area contributed by atoms with Gasteiger partial charge < -0.3 is 19.9 Å². The third kappa shape index (κ3) is 4.93. The summed E-state index contributed by atoms with van der Waals surface area (Å²) in [6.07, 6.45) is 5.21. The maximum Gasteiger partial charge on any atom is 0.330 e. The molecule has 6 heteroatoms. The number of benzene rings is 2. The molecule has 0 saturated heterocycles. The highest BCUT2D eigenvalue weighted by atomic mass is 16.5. The highest BCUT2D eigenvalue weighted by Gasteiger charge is 2.21. The van der Waals surface area contributed by atoms with Gasteiger partial charge in [-0.3, -0.25) is 0 Å². The van der Waals surface area contributed by atoms with Crippen molar-refractivity contribution >= 4 is 11.7 Å². The number of hydrogen-bond donors (Lipinski definition) is 2. The number of hydrogen-bond acceptors (Lipinski definition) is 5. The molecule has 0 heterocycles. The highest BCUT2D eigenvalue weighted by molar-refractivity contribution is 5.79. The van der Waals surface area contributed by atoms with Crippen LogP contribution >= 0.6 is 0 Å². The molecule has 6 nitrogen and oxygen atoms in total. The van der Waals surface area contributed by atoms with Gasteiger partial charge in [0.1, 0.15) is 18.1 Å². The number of nitrogens with zero attached hydrogens (tertiary/aromatic N) is 1. The topological polar surface area (TPSA) is 91.6 Å². The Morgan fingerprint density at radius 3 is 2.42 bits per heavy atom. The molecule has 0 amide bonds. The molecule has 0 aliphatic carbocycles. The van der Waals surface area contributed by atoms with E-state index in [0.717, 1.165) is 0 Å². The standard InChI is InChI=1S/C20H18N2O4/c1-3-9-26-18-11-15(10-17(12-18)25-4-2)19(20(23)24)22-16-7-5-14(13-21)6-8-16/h1,5-8,10-12,19,22H,4,9H2,2H3,(H,23,24). The van der Waals surface area contributed by atoms with Gasteiger partial charge in [-0.15, -0.1) is 6.42 Å². The van der Waals surface area contributed by atoms with Crippen LogP contribution in [0.15, 0.2) is 42.5 Å². The highest BCUT2D eigenvalue weighted by Crippen LogP contribution is 2.29. The molecular formula is C20H18N2O4. The van der Waals surface area contributed by atoms with E-state index in [1.165, 1.54) is 0 Å². The predicted molar refractivity (Wildman–Crippen MR) is 97.1 cm³/mol. The van der Waals surface area contributed by atoms with Crippen molar-refractivity contribution in [2.75, 3.05) is 18.5 Å². The van der Waals surface area contributed by atoms with Gasteiger partial charge >= 0.3 is 5.97 Å². The fourth-order valence-corrected chi connectivity index (χ4v) is 2.31. The average molecular weight is 350 g/mol. The van der Waals surface area contributed by atoms with Crippen LogP contribution in [0.3, 0.4) is 0 Å². The van der Waals surface area contributed by atoms with E-state index >= 15 is 0 Å². The molecule has 132 valence electrons. The molecule has 0 aliphatic rings. The maximum absolute atomic E-state index is 11.8. The summed E-state index contributed by atoms with van der Waals surface area (Å²) in [5.74, 6) is 2.22. The molecule has 0 radical (unpaired) electrons. The van der Waals surface area contributed by atoms with E-state index in [2.05, 4.69) is 11.2 Å². The lowest BCUT2D eigenvalue weighted by Crippen LogP contribution is -2.20. The lowest BCUT2D eigenvalue weighted by Gasteiger charge is -2.18. The normalized spacial score (nSPS) is 10.9. The van der Waals surface area contributed by atoms with Gasteiger partial charge in [-0.2, -0.15) is 5.26 Å².